The van der Waals surface area contributed by atoms with Crippen LogP contribution >= 0.6 is 11.8 Å². The van der Waals surface area contributed by atoms with Crippen LogP contribution in [0.5, 0.6) is 0 Å². The van der Waals surface area contributed by atoms with Gasteiger partial charge in [-0.25, -0.2) is 14.8 Å². The fraction of sp³-hybridized carbons (Fsp3) is 0.0769. The summed E-state index contributed by atoms with van der Waals surface area (Å²) in [5.74, 6) is -1.23. The van der Waals surface area contributed by atoms with Crippen LogP contribution in [0.15, 0.2) is 46.6 Å². The van der Waals surface area contributed by atoms with Crippen LogP contribution < -0.4 is 5.32 Å². The molecule has 102 valence electrons. The van der Waals surface area contributed by atoms with Gasteiger partial charge in [0, 0.05) is 17.5 Å². The van der Waals surface area contributed by atoms with Crippen molar-refractivity contribution in [1.29, 1.82) is 0 Å². The van der Waals surface area contributed by atoms with E-state index in [1.807, 2.05) is 12.1 Å². The van der Waals surface area contributed by atoms with Crippen LogP contribution in [-0.4, -0.2) is 27.0 Å². The van der Waals surface area contributed by atoms with Gasteiger partial charge in [-0.2, -0.15) is 0 Å². The molecule has 20 heavy (non-hydrogen) atoms. The second-order valence-electron chi connectivity index (χ2n) is 3.85. The summed E-state index contributed by atoms with van der Waals surface area (Å²) in [6.45, 7) is 1.45. The zero-order valence-corrected chi connectivity index (χ0v) is 11.3. The lowest BCUT2D eigenvalue weighted by Gasteiger charge is -2.04. The molecular weight excluding hydrogens is 278 g/mol. The third kappa shape index (κ3) is 3.79. The summed E-state index contributed by atoms with van der Waals surface area (Å²) >= 11 is 1.36. The number of aromatic carboxylic acids is 1. The normalized spacial score (nSPS) is 10.1. The maximum absolute atomic E-state index is 10.9. The van der Waals surface area contributed by atoms with E-state index in [1.165, 1.54) is 31.1 Å². The van der Waals surface area contributed by atoms with Crippen molar-refractivity contribution >= 4 is 29.3 Å². The van der Waals surface area contributed by atoms with Crippen molar-refractivity contribution in [3.63, 3.8) is 0 Å². The van der Waals surface area contributed by atoms with Gasteiger partial charge < -0.3 is 10.4 Å². The molecule has 2 N–H and O–H groups in total. The number of anilines is 1. The highest BCUT2D eigenvalue weighted by molar-refractivity contribution is 7.99. The smallest absolute Gasteiger partial charge is 0.356 e. The van der Waals surface area contributed by atoms with Crippen molar-refractivity contribution in [2.24, 2.45) is 0 Å². The fourth-order valence-corrected chi connectivity index (χ4v) is 2.13. The zero-order chi connectivity index (χ0) is 14.5. The molecule has 0 fully saturated rings. The first kappa shape index (κ1) is 14.0. The monoisotopic (exact) mass is 289 g/mol. The van der Waals surface area contributed by atoms with Crippen LogP contribution in [0.25, 0.3) is 0 Å². The standard InChI is InChI=1S/C13H11N3O3S/c1-8(17)16-9-2-4-10(5-3-9)20-12-7-14-11(6-15-12)13(18)19/h2-7H,1H3,(H,16,17)(H,18,19). The first-order valence-corrected chi connectivity index (χ1v) is 6.47. The minimum absolute atomic E-state index is 0.0876. The second-order valence-corrected chi connectivity index (χ2v) is 4.95. The lowest BCUT2D eigenvalue weighted by Crippen LogP contribution is -2.05. The number of rotatable bonds is 4. The zero-order valence-electron chi connectivity index (χ0n) is 10.5. The molecule has 0 aliphatic rings. The van der Waals surface area contributed by atoms with E-state index in [4.69, 9.17) is 5.11 Å². The maximum Gasteiger partial charge on any atom is 0.356 e. The Bertz CT molecular complexity index is 626. The molecule has 7 heteroatoms. The van der Waals surface area contributed by atoms with Gasteiger partial charge in [-0.05, 0) is 24.3 Å². The van der Waals surface area contributed by atoms with Gasteiger partial charge in [-0.3, -0.25) is 4.79 Å². The molecule has 0 saturated carbocycles. The largest absolute Gasteiger partial charge is 0.476 e. The van der Waals surface area contributed by atoms with Gasteiger partial charge in [-0.15, -0.1) is 0 Å². The van der Waals surface area contributed by atoms with Gasteiger partial charge in [0.25, 0.3) is 0 Å². The third-order valence-corrected chi connectivity index (χ3v) is 3.17. The summed E-state index contributed by atoms with van der Waals surface area (Å²) in [7, 11) is 0. The highest BCUT2D eigenvalue weighted by atomic mass is 32.2. The van der Waals surface area contributed by atoms with Crippen LogP contribution in [0.2, 0.25) is 0 Å². The summed E-state index contributed by atoms with van der Waals surface area (Å²) in [6.07, 6.45) is 2.63. The maximum atomic E-state index is 10.9. The number of amides is 1. The number of carboxylic acid groups (broad SMARTS) is 1. The Morgan fingerprint density at radius 3 is 2.35 bits per heavy atom. The average molecular weight is 289 g/mol. The number of carboxylic acids is 1. The Kier molecular flexibility index (Phi) is 4.31. The van der Waals surface area contributed by atoms with E-state index >= 15 is 0 Å². The van der Waals surface area contributed by atoms with Crippen LogP contribution in [0.4, 0.5) is 5.69 Å². The summed E-state index contributed by atoms with van der Waals surface area (Å²) in [5.41, 5.74) is 0.629. The van der Waals surface area contributed by atoms with Gasteiger partial charge in [-0.1, -0.05) is 11.8 Å². The van der Waals surface area contributed by atoms with Crippen LogP contribution in [-0.2, 0) is 4.79 Å². The van der Waals surface area contributed by atoms with Crippen LogP contribution in [0.1, 0.15) is 17.4 Å². The number of hydrogen-bond donors (Lipinski definition) is 2. The van der Waals surface area contributed by atoms with E-state index in [0.29, 0.717) is 10.7 Å². The number of nitrogens with zero attached hydrogens (tertiary/aromatic N) is 2. The molecule has 1 amide bonds. The first-order chi connectivity index (χ1) is 9.54. The summed E-state index contributed by atoms with van der Waals surface area (Å²) < 4.78 is 0. The molecular formula is C13H11N3O3S. The molecule has 0 spiro atoms. The molecule has 1 heterocycles. The van der Waals surface area contributed by atoms with E-state index < -0.39 is 5.97 Å². The molecule has 0 aliphatic heterocycles. The van der Waals surface area contributed by atoms with E-state index in [1.54, 1.807) is 12.1 Å². The second kappa shape index (κ2) is 6.16. The molecule has 6 nitrogen and oxygen atoms in total. The molecule has 0 atom stereocenters. The average Bonchev–Trinajstić information content (AvgIpc) is 2.41. The van der Waals surface area contributed by atoms with Crippen molar-refractivity contribution < 1.29 is 14.7 Å². The summed E-state index contributed by atoms with van der Waals surface area (Å²) in [5, 5.41) is 12.0. The van der Waals surface area contributed by atoms with Gasteiger partial charge in [0.15, 0.2) is 5.69 Å². The van der Waals surface area contributed by atoms with Crippen LogP contribution in [0.3, 0.4) is 0 Å². The number of hydrogen-bond acceptors (Lipinski definition) is 5. The van der Waals surface area contributed by atoms with E-state index in [0.717, 1.165) is 4.90 Å². The molecule has 1 aromatic heterocycles. The Balaban J connectivity index is 2.06. The van der Waals surface area contributed by atoms with Crippen molar-refractivity contribution in [3.05, 3.63) is 42.4 Å². The minimum Gasteiger partial charge on any atom is -0.476 e. The van der Waals surface area contributed by atoms with E-state index in [-0.39, 0.29) is 11.6 Å². The first-order valence-electron chi connectivity index (χ1n) is 5.65. The topological polar surface area (TPSA) is 92.2 Å². The van der Waals surface area contributed by atoms with E-state index in [9.17, 15) is 9.59 Å². The lowest BCUT2D eigenvalue weighted by atomic mass is 10.3. The van der Waals surface area contributed by atoms with Gasteiger partial charge >= 0.3 is 5.97 Å². The minimum atomic E-state index is -1.10. The Hall–Kier alpha value is -2.41. The predicted octanol–water partition coefficient (Wildman–Crippen LogP) is 2.28. The SMILES string of the molecule is CC(=O)Nc1ccc(Sc2cnc(C(=O)O)cn2)cc1. The number of carbonyl (C=O) groups is 2. The van der Waals surface area contributed by atoms with Crippen molar-refractivity contribution in [2.75, 3.05) is 5.32 Å². The van der Waals surface area contributed by atoms with Gasteiger partial charge in [0.05, 0.1) is 12.4 Å². The molecule has 0 aliphatic carbocycles. The Morgan fingerprint density at radius 1 is 1.15 bits per heavy atom. The molecule has 0 unspecified atom stereocenters. The molecule has 2 rings (SSSR count). The fourth-order valence-electron chi connectivity index (χ4n) is 1.41. The number of nitrogens with one attached hydrogen (secondary N) is 1. The molecule has 2 aromatic rings. The number of aromatic nitrogens is 2. The van der Waals surface area contributed by atoms with Gasteiger partial charge in [0.1, 0.15) is 5.03 Å². The highest BCUT2D eigenvalue weighted by Gasteiger charge is 2.06. The quantitative estimate of drug-likeness (QED) is 0.897. The van der Waals surface area contributed by atoms with Crippen molar-refractivity contribution in [3.8, 4) is 0 Å². The highest BCUT2D eigenvalue weighted by Crippen LogP contribution is 2.26. The summed E-state index contributed by atoms with van der Waals surface area (Å²) in [4.78, 5) is 30.3. The van der Waals surface area contributed by atoms with Crippen molar-refractivity contribution in [1.82, 2.24) is 9.97 Å². The van der Waals surface area contributed by atoms with Gasteiger partial charge in [0.2, 0.25) is 5.91 Å². The molecule has 0 saturated heterocycles. The Labute approximate surface area is 119 Å². The molecule has 0 radical (unpaired) electrons. The van der Waals surface area contributed by atoms with E-state index in [2.05, 4.69) is 15.3 Å². The summed E-state index contributed by atoms with van der Waals surface area (Å²) in [6, 6.07) is 7.23. The number of carbonyl (C=O) groups excluding carboxylic acids is 1. The Morgan fingerprint density at radius 2 is 1.85 bits per heavy atom. The van der Waals surface area contributed by atoms with Crippen LogP contribution in [0, 0.1) is 0 Å². The predicted molar refractivity (Wildman–Crippen MR) is 73.9 cm³/mol. The lowest BCUT2D eigenvalue weighted by molar-refractivity contribution is -0.114. The number of benzene rings is 1. The van der Waals surface area contributed by atoms with Crippen molar-refractivity contribution in [2.45, 2.75) is 16.8 Å². The molecule has 1 aromatic carbocycles. The third-order valence-electron chi connectivity index (χ3n) is 2.24. The molecule has 0 bridgehead atoms.